The molecular weight excluding hydrogens is 270 g/mol. The molecule has 0 aliphatic rings. The van der Waals surface area contributed by atoms with Crippen LogP contribution < -0.4 is 0 Å². The van der Waals surface area contributed by atoms with Crippen molar-refractivity contribution < 1.29 is 19.1 Å². The smallest absolute Gasteiger partial charge is 0.326 e. The van der Waals surface area contributed by atoms with Crippen molar-refractivity contribution in [3.63, 3.8) is 0 Å². The average molecular weight is 287 g/mol. The van der Waals surface area contributed by atoms with Crippen LogP contribution in [0, 0.1) is 6.92 Å². The number of nitrogens with zero attached hydrogens (tertiary/aromatic N) is 1. The SMILES string of the molecule is Cc1ccoc1C(=O)N(C)C(Cc1ccccc1)C(=O)O. The van der Waals surface area contributed by atoms with Crippen LogP contribution >= 0.6 is 0 Å². The summed E-state index contributed by atoms with van der Waals surface area (Å²) in [5.41, 5.74) is 1.55. The van der Waals surface area contributed by atoms with E-state index in [9.17, 15) is 14.7 Å². The number of carboxylic acid groups (broad SMARTS) is 1. The Kier molecular flexibility index (Phi) is 4.42. The van der Waals surface area contributed by atoms with Crippen molar-refractivity contribution in [1.29, 1.82) is 0 Å². The third-order valence-corrected chi connectivity index (χ3v) is 3.40. The Balaban J connectivity index is 2.20. The van der Waals surface area contributed by atoms with Gasteiger partial charge in [0.1, 0.15) is 6.04 Å². The second kappa shape index (κ2) is 6.26. The summed E-state index contributed by atoms with van der Waals surface area (Å²) in [5.74, 6) is -1.29. The number of aryl methyl sites for hydroxylation is 1. The van der Waals surface area contributed by atoms with Gasteiger partial charge in [-0.1, -0.05) is 30.3 Å². The maximum absolute atomic E-state index is 12.3. The highest BCUT2D eigenvalue weighted by Gasteiger charge is 2.29. The first-order valence-electron chi connectivity index (χ1n) is 6.58. The lowest BCUT2D eigenvalue weighted by Crippen LogP contribution is -2.43. The minimum absolute atomic E-state index is 0.178. The zero-order valence-corrected chi connectivity index (χ0v) is 11.9. The Morgan fingerprint density at radius 3 is 2.43 bits per heavy atom. The first-order chi connectivity index (χ1) is 10.0. The summed E-state index contributed by atoms with van der Waals surface area (Å²) < 4.78 is 5.14. The first-order valence-corrected chi connectivity index (χ1v) is 6.58. The highest BCUT2D eigenvalue weighted by Crippen LogP contribution is 2.15. The lowest BCUT2D eigenvalue weighted by molar-refractivity contribution is -0.141. The molecule has 5 heteroatoms. The number of likely N-dealkylation sites (N-methyl/N-ethyl adjacent to an activating group) is 1. The number of rotatable bonds is 5. The third-order valence-electron chi connectivity index (χ3n) is 3.40. The number of amides is 1. The van der Waals surface area contributed by atoms with Crippen molar-refractivity contribution in [2.45, 2.75) is 19.4 Å². The van der Waals surface area contributed by atoms with Crippen LogP contribution in [0.1, 0.15) is 21.7 Å². The molecule has 0 spiro atoms. The lowest BCUT2D eigenvalue weighted by atomic mass is 10.0. The third kappa shape index (κ3) is 3.31. The predicted molar refractivity (Wildman–Crippen MR) is 77.1 cm³/mol. The van der Waals surface area contributed by atoms with Crippen molar-refractivity contribution >= 4 is 11.9 Å². The van der Waals surface area contributed by atoms with Gasteiger partial charge in [-0.3, -0.25) is 4.79 Å². The van der Waals surface area contributed by atoms with E-state index in [1.165, 1.54) is 18.2 Å². The van der Waals surface area contributed by atoms with E-state index < -0.39 is 17.9 Å². The number of hydrogen-bond acceptors (Lipinski definition) is 3. The van der Waals surface area contributed by atoms with E-state index in [1.807, 2.05) is 30.3 Å². The minimum Gasteiger partial charge on any atom is -0.480 e. The zero-order chi connectivity index (χ0) is 15.4. The largest absolute Gasteiger partial charge is 0.480 e. The van der Waals surface area contributed by atoms with Gasteiger partial charge in [-0.2, -0.15) is 0 Å². The Labute approximate surface area is 122 Å². The van der Waals surface area contributed by atoms with Gasteiger partial charge < -0.3 is 14.4 Å². The quantitative estimate of drug-likeness (QED) is 0.916. The van der Waals surface area contributed by atoms with Gasteiger partial charge in [0.2, 0.25) is 0 Å². The zero-order valence-electron chi connectivity index (χ0n) is 11.9. The molecule has 0 radical (unpaired) electrons. The summed E-state index contributed by atoms with van der Waals surface area (Å²) in [6.07, 6.45) is 1.67. The van der Waals surface area contributed by atoms with E-state index in [0.717, 1.165) is 5.56 Å². The molecule has 5 nitrogen and oxygen atoms in total. The maximum Gasteiger partial charge on any atom is 0.326 e. The van der Waals surface area contributed by atoms with Crippen LogP contribution in [0.2, 0.25) is 0 Å². The van der Waals surface area contributed by atoms with E-state index in [-0.39, 0.29) is 12.2 Å². The summed E-state index contributed by atoms with van der Waals surface area (Å²) in [5, 5.41) is 9.40. The maximum atomic E-state index is 12.3. The van der Waals surface area contributed by atoms with Gasteiger partial charge in [0.25, 0.3) is 5.91 Å². The first kappa shape index (κ1) is 14.8. The van der Waals surface area contributed by atoms with Gasteiger partial charge in [0, 0.05) is 19.0 Å². The van der Waals surface area contributed by atoms with Crippen molar-refractivity contribution in [3.05, 3.63) is 59.5 Å². The van der Waals surface area contributed by atoms with Crippen LogP contribution in [0.15, 0.2) is 47.1 Å². The fourth-order valence-corrected chi connectivity index (χ4v) is 2.12. The van der Waals surface area contributed by atoms with Crippen molar-refractivity contribution in [1.82, 2.24) is 4.90 Å². The molecule has 1 aromatic carbocycles. The molecule has 1 aromatic heterocycles. The van der Waals surface area contributed by atoms with Crippen molar-refractivity contribution in [3.8, 4) is 0 Å². The van der Waals surface area contributed by atoms with Gasteiger partial charge in [-0.25, -0.2) is 4.79 Å². The molecule has 1 N–H and O–H groups in total. The molecule has 1 heterocycles. The number of carboxylic acids is 1. The Hall–Kier alpha value is -2.56. The number of benzene rings is 1. The normalized spacial score (nSPS) is 11.9. The van der Waals surface area contributed by atoms with Crippen molar-refractivity contribution in [2.24, 2.45) is 0 Å². The molecule has 0 fully saturated rings. The molecule has 1 atom stereocenters. The molecular formula is C16H17NO4. The van der Waals surface area contributed by atoms with Gasteiger partial charge in [0.15, 0.2) is 5.76 Å². The van der Waals surface area contributed by atoms with E-state index in [2.05, 4.69) is 0 Å². The fourth-order valence-electron chi connectivity index (χ4n) is 2.12. The monoisotopic (exact) mass is 287 g/mol. The second-order valence-electron chi connectivity index (χ2n) is 4.89. The molecule has 1 unspecified atom stereocenters. The number of carbonyl (C=O) groups is 2. The summed E-state index contributed by atoms with van der Waals surface area (Å²) in [6.45, 7) is 1.75. The Morgan fingerprint density at radius 1 is 1.24 bits per heavy atom. The predicted octanol–water partition coefficient (Wildman–Crippen LogP) is 2.36. The summed E-state index contributed by atoms with van der Waals surface area (Å²) in [4.78, 5) is 25.0. The summed E-state index contributed by atoms with van der Waals surface area (Å²) in [7, 11) is 1.48. The minimum atomic E-state index is -1.04. The summed E-state index contributed by atoms with van der Waals surface area (Å²) >= 11 is 0. The number of furan rings is 1. The Morgan fingerprint density at radius 2 is 1.90 bits per heavy atom. The van der Waals surface area contributed by atoms with Crippen molar-refractivity contribution in [2.75, 3.05) is 7.05 Å². The van der Waals surface area contributed by atoms with Crippen LogP contribution in [0.4, 0.5) is 0 Å². The lowest BCUT2D eigenvalue weighted by Gasteiger charge is -2.24. The summed E-state index contributed by atoms with van der Waals surface area (Å²) in [6, 6.07) is 9.96. The van der Waals surface area contributed by atoms with Gasteiger partial charge >= 0.3 is 5.97 Å². The number of hydrogen-bond donors (Lipinski definition) is 1. The molecule has 2 aromatic rings. The van der Waals surface area contributed by atoms with E-state index in [4.69, 9.17) is 4.42 Å². The van der Waals surface area contributed by atoms with Crippen LogP contribution in [0.5, 0.6) is 0 Å². The molecule has 1 amide bonds. The van der Waals surface area contributed by atoms with Gasteiger partial charge in [-0.05, 0) is 18.6 Å². The topological polar surface area (TPSA) is 70.8 Å². The van der Waals surface area contributed by atoms with Gasteiger partial charge in [0.05, 0.1) is 6.26 Å². The van der Waals surface area contributed by atoms with Crippen LogP contribution in [0.3, 0.4) is 0 Å². The molecule has 0 aliphatic carbocycles. The molecule has 0 aliphatic heterocycles. The molecule has 0 saturated heterocycles. The van der Waals surface area contributed by atoms with E-state index in [0.29, 0.717) is 5.56 Å². The van der Waals surface area contributed by atoms with Crippen LogP contribution in [0.25, 0.3) is 0 Å². The molecule has 2 rings (SSSR count). The van der Waals surface area contributed by atoms with Gasteiger partial charge in [-0.15, -0.1) is 0 Å². The molecule has 21 heavy (non-hydrogen) atoms. The molecule has 0 saturated carbocycles. The number of carbonyl (C=O) groups excluding carboxylic acids is 1. The van der Waals surface area contributed by atoms with E-state index >= 15 is 0 Å². The molecule has 0 bridgehead atoms. The standard InChI is InChI=1S/C16H17NO4/c1-11-8-9-21-14(11)15(18)17(2)13(16(19)20)10-12-6-4-3-5-7-12/h3-9,13H,10H2,1-2H3,(H,19,20). The fraction of sp³-hybridized carbons (Fsp3) is 0.250. The average Bonchev–Trinajstić information content (AvgIpc) is 2.90. The second-order valence-corrected chi connectivity index (χ2v) is 4.89. The number of aliphatic carboxylic acids is 1. The van der Waals surface area contributed by atoms with Crippen LogP contribution in [-0.2, 0) is 11.2 Å². The highest BCUT2D eigenvalue weighted by atomic mass is 16.4. The highest BCUT2D eigenvalue weighted by molar-refractivity contribution is 5.95. The Bertz CT molecular complexity index is 633. The van der Waals surface area contributed by atoms with Crippen LogP contribution in [-0.4, -0.2) is 35.0 Å². The molecule has 110 valence electrons. The van der Waals surface area contributed by atoms with E-state index in [1.54, 1.807) is 13.0 Å².